The van der Waals surface area contributed by atoms with Crippen molar-refractivity contribution in [3.05, 3.63) is 29.3 Å². The molecule has 0 bridgehead atoms. The highest BCUT2D eigenvalue weighted by Gasteiger charge is 2.35. The minimum atomic E-state index is -0.806. The number of fused-ring (bicyclic) bond motifs is 1. The van der Waals surface area contributed by atoms with E-state index in [9.17, 15) is 9.59 Å². The second-order valence-electron chi connectivity index (χ2n) is 5.78. The summed E-state index contributed by atoms with van der Waals surface area (Å²) in [5.41, 5.74) is 1.20. The number of nitrogens with one attached hydrogen (secondary N) is 1. The Labute approximate surface area is 141 Å². The first kappa shape index (κ1) is 14.9. The number of nitrogens with zero attached hydrogens (tertiary/aromatic N) is 1. The lowest BCUT2D eigenvalue weighted by Crippen LogP contribution is -2.46. The zero-order valence-electron chi connectivity index (χ0n) is 12.5. The third-order valence-electron chi connectivity index (χ3n) is 4.18. The van der Waals surface area contributed by atoms with E-state index < -0.39 is 5.97 Å². The van der Waals surface area contributed by atoms with Gasteiger partial charge >= 0.3 is 5.97 Å². The van der Waals surface area contributed by atoms with Crippen molar-refractivity contribution in [1.29, 1.82) is 0 Å². The van der Waals surface area contributed by atoms with Crippen LogP contribution in [0.15, 0.2) is 23.6 Å². The molecule has 1 aromatic heterocycles. The van der Waals surface area contributed by atoms with Crippen LogP contribution in [0.4, 0.5) is 0 Å². The molecule has 2 aromatic rings. The number of carboxylic acids is 1. The van der Waals surface area contributed by atoms with Gasteiger partial charge in [-0.05, 0) is 31.0 Å². The van der Waals surface area contributed by atoms with E-state index in [0.717, 1.165) is 10.6 Å². The summed E-state index contributed by atoms with van der Waals surface area (Å²) in [6, 6.07) is 5.44. The van der Waals surface area contributed by atoms with Gasteiger partial charge in [0, 0.05) is 17.0 Å². The van der Waals surface area contributed by atoms with Crippen molar-refractivity contribution >= 4 is 23.2 Å². The molecule has 24 heavy (non-hydrogen) atoms. The smallest absolute Gasteiger partial charge is 0.306 e. The van der Waals surface area contributed by atoms with Gasteiger partial charge in [-0.2, -0.15) is 0 Å². The van der Waals surface area contributed by atoms with E-state index in [4.69, 9.17) is 14.6 Å². The fourth-order valence-electron chi connectivity index (χ4n) is 2.74. The fraction of sp³-hybridized carbons (Fsp3) is 0.312. The summed E-state index contributed by atoms with van der Waals surface area (Å²) in [7, 11) is 0. The van der Waals surface area contributed by atoms with Crippen LogP contribution in [0, 0.1) is 5.92 Å². The molecular weight excluding hydrogens is 332 g/mol. The zero-order chi connectivity index (χ0) is 16.7. The van der Waals surface area contributed by atoms with Crippen molar-refractivity contribution in [1.82, 2.24) is 10.3 Å². The standard InChI is InChI=1S/C16H14N2O5S/c19-14(17-10-3-9(4-10)16(20)21)11-6-24-15(18-11)8-1-2-12-13(5-8)23-7-22-12/h1-2,5-6,9-10H,3-4,7H2,(H,17,19)(H,20,21). The van der Waals surface area contributed by atoms with E-state index in [0.29, 0.717) is 30.0 Å². The minimum Gasteiger partial charge on any atom is -0.481 e. The Hall–Kier alpha value is -2.61. The van der Waals surface area contributed by atoms with Crippen LogP contribution >= 0.6 is 11.3 Å². The number of thiazole rings is 1. The number of benzene rings is 1. The van der Waals surface area contributed by atoms with Crippen LogP contribution < -0.4 is 14.8 Å². The van der Waals surface area contributed by atoms with Gasteiger partial charge < -0.3 is 19.9 Å². The van der Waals surface area contributed by atoms with Crippen LogP contribution in [0.2, 0.25) is 0 Å². The number of hydrogen-bond acceptors (Lipinski definition) is 6. The third kappa shape index (κ3) is 2.69. The maximum absolute atomic E-state index is 12.2. The molecule has 2 aliphatic rings. The van der Waals surface area contributed by atoms with Crippen LogP contribution in [-0.4, -0.2) is 34.8 Å². The predicted octanol–water partition coefficient (Wildman–Crippen LogP) is 2.13. The lowest BCUT2D eigenvalue weighted by atomic mass is 9.80. The number of carbonyl (C=O) groups excluding carboxylic acids is 1. The first-order valence-electron chi connectivity index (χ1n) is 7.49. The Morgan fingerprint density at radius 1 is 1.25 bits per heavy atom. The molecule has 1 saturated carbocycles. The summed E-state index contributed by atoms with van der Waals surface area (Å²) < 4.78 is 10.6. The van der Waals surface area contributed by atoms with Crippen LogP contribution in [0.25, 0.3) is 10.6 Å². The second kappa shape index (κ2) is 5.79. The molecule has 1 aliphatic carbocycles. The summed E-state index contributed by atoms with van der Waals surface area (Å²) in [4.78, 5) is 27.3. The van der Waals surface area contributed by atoms with Gasteiger partial charge in [-0.1, -0.05) is 0 Å². The topological polar surface area (TPSA) is 97.8 Å². The molecule has 1 aliphatic heterocycles. The molecule has 0 saturated heterocycles. The van der Waals surface area contributed by atoms with Crippen LogP contribution in [0.1, 0.15) is 23.3 Å². The number of carboxylic acid groups (broad SMARTS) is 1. The molecule has 0 spiro atoms. The Kier molecular flexibility index (Phi) is 3.61. The van der Waals surface area contributed by atoms with E-state index in [1.54, 1.807) is 5.38 Å². The molecule has 7 nitrogen and oxygen atoms in total. The van der Waals surface area contributed by atoms with Gasteiger partial charge in [-0.3, -0.25) is 9.59 Å². The van der Waals surface area contributed by atoms with Gasteiger partial charge in [0.25, 0.3) is 5.91 Å². The van der Waals surface area contributed by atoms with E-state index >= 15 is 0 Å². The van der Waals surface area contributed by atoms with Crippen LogP contribution in [0.3, 0.4) is 0 Å². The number of amides is 1. The first-order valence-corrected chi connectivity index (χ1v) is 8.37. The second-order valence-corrected chi connectivity index (χ2v) is 6.64. The van der Waals surface area contributed by atoms with Gasteiger partial charge in [0.15, 0.2) is 11.5 Å². The molecule has 0 radical (unpaired) electrons. The molecule has 0 atom stereocenters. The van der Waals surface area contributed by atoms with E-state index in [1.807, 2.05) is 18.2 Å². The predicted molar refractivity (Wildman–Crippen MR) is 85.3 cm³/mol. The van der Waals surface area contributed by atoms with Crippen molar-refractivity contribution in [2.75, 3.05) is 6.79 Å². The van der Waals surface area contributed by atoms with Crippen molar-refractivity contribution in [3.8, 4) is 22.1 Å². The summed E-state index contributed by atoms with van der Waals surface area (Å²) in [5, 5.41) is 14.1. The molecule has 0 unspecified atom stereocenters. The van der Waals surface area contributed by atoms with Crippen molar-refractivity contribution < 1.29 is 24.2 Å². The minimum absolute atomic E-state index is 0.0886. The number of rotatable bonds is 4. The largest absolute Gasteiger partial charge is 0.481 e. The Morgan fingerprint density at radius 3 is 2.83 bits per heavy atom. The normalized spacial score (nSPS) is 21.2. The summed E-state index contributed by atoms with van der Waals surface area (Å²) in [6.07, 6.45) is 0.945. The molecule has 2 N–H and O–H groups in total. The molecule has 1 aromatic carbocycles. The average Bonchev–Trinajstić information content (AvgIpc) is 3.17. The van der Waals surface area contributed by atoms with Crippen LogP contribution in [-0.2, 0) is 4.79 Å². The number of ether oxygens (including phenoxy) is 2. The van der Waals surface area contributed by atoms with E-state index in [2.05, 4.69) is 10.3 Å². The lowest BCUT2D eigenvalue weighted by Gasteiger charge is -2.32. The van der Waals surface area contributed by atoms with Gasteiger partial charge in [0.1, 0.15) is 10.7 Å². The third-order valence-corrected chi connectivity index (χ3v) is 5.07. The summed E-state index contributed by atoms with van der Waals surface area (Å²) in [6.45, 7) is 0.211. The van der Waals surface area contributed by atoms with E-state index in [1.165, 1.54) is 11.3 Å². The number of aliphatic carboxylic acids is 1. The maximum Gasteiger partial charge on any atom is 0.306 e. The van der Waals surface area contributed by atoms with Crippen molar-refractivity contribution in [2.45, 2.75) is 18.9 Å². The molecule has 4 rings (SSSR count). The number of aromatic nitrogens is 1. The van der Waals surface area contributed by atoms with Gasteiger partial charge in [-0.25, -0.2) is 4.98 Å². The summed E-state index contributed by atoms with van der Waals surface area (Å²) in [5.74, 6) is -0.0598. The maximum atomic E-state index is 12.2. The molecule has 1 amide bonds. The highest BCUT2D eigenvalue weighted by Crippen LogP contribution is 2.36. The highest BCUT2D eigenvalue weighted by molar-refractivity contribution is 7.13. The van der Waals surface area contributed by atoms with Gasteiger partial charge in [-0.15, -0.1) is 11.3 Å². The Balaban J connectivity index is 1.43. The van der Waals surface area contributed by atoms with Crippen LogP contribution in [0.5, 0.6) is 11.5 Å². The molecule has 1 fully saturated rings. The molecule has 124 valence electrons. The molecular formula is C16H14N2O5S. The Morgan fingerprint density at radius 2 is 2.04 bits per heavy atom. The lowest BCUT2D eigenvalue weighted by molar-refractivity contribution is -0.145. The molecule has 2 heterocycles. The van der Waals surface area contributed by atoms with Crippen molar-refractivity contribution in [3.63, 3.8) is 0 Å². The quantitative estimate of drug-likeness (QED) is 0.880. The van der Waals surface area contributed by atoms with E-state index in [-0.39, 0.29) is 24.7 Å². The average molecular weight is 346 g/mol. The molecule has 8 heteroatoms. The fourth-order valence-corrected chi connectivity index (χ4v) is 3.53. The Bertz CT molecular complexity index is 813. The van der Waals surface area contributed by atoms with Gasteiger partial charge in [0.05, 0.1) is 5.92 Å². The number of hydrogen-bond donors (Lipinski definition) is 2. The summed E-state index contributed by atoms with van der Waals surface area (Å²) >= 11 is 1.37. The monoisotopic (exact) mass is 346 g/mol. The zero-order valence-corrected chi connectivity index (χ0v) is 13.3. The van der Waals surface area contributed by atoms with Gasteiger partial charge in [0.2, 0.25) is 6.79 Å². The SMILES string of the molecule is O=C(NC1CC(C(=O)O)C1)c1csc(-c2ccc3c(c2)OCO3)n1. The first-order chi connectivity index (χ1) is 11.6. The highest BCUT2D eigenvalue weighted by atomic mass is 32.1. The van der Waals surface area contributed by atoms with Crippen molar-refractivity contribution in [2.24, 2.45) is 5.92 Å². The number of carbonyl (C=O) groups is 2.